The van der Waals surface area contributed by atoms with Gasteiger partial charge in [-0.1, -0.05) is 0 Å². The monoisotopic (exact) mass is 147 g/mol. The number of rotatable bonds is 4. The summed E-state index contributed by atoms with van der Waals surface area (Å²) in [5.74, 6) is 0.356. The summed E-state index contributed by atoms with van der Waals surface area (Å²) >= 11 is 0. The summed E-state index contributed by atoms with van der Waals surface area (Å²) in [6.07, 6.45) is 1.05. The van der Waals surface area contributed by atoms with Crippen LogP contribution in [0.25, 0.3) is 0 Å². The first kappa shape index (κ1) is 9.26. The summed E-state index contributed by atoms with van der Waals surface area (Å²) < 4.78 is 14.2. The van der Waals surface area contributed by atoms with Gasteiger partial charge in [-0.2, -0.15) is 0 Å². The highest BCUT2D eigenvalue weighted by Crippen LogP contribution is 1.96. The molecule has 0 saturated heterocycles. The molecule has 0 bridgehead atoms. The smallest absolute Gasteiger partial charge is 0.278 e. The molecule has 0 aromatic rings. The van der Waals surface area contributed by atoms with Crippen molar-refractivity contribution in [3.63, 3.8) is 0 Å². The zero-order valence-electron chi connectivity index (χ0n) is 6.46. The third-order valence-corrected chi connectivity index (χ3v) is 0.975. The van der Waals surface area contributed by atoms with Gasteiger partial charge in [0.2, 0.25) is 0 Å². The number of hydrogen-bond acceptors (Lipinski definition) is 4. The molecule has 60 valence electrons. The molecule has 2 N–H and O–H groups in total. The number of hydrogen-bond donors (Lipinski definition) is 1. The summed E-state index contributed by atoms with van der Waals surface area (Å²) in [5.41, 5.74) is 5.37. The van der Waals surface area contributed by atoms with Gasteiger partial charge in [-0.3, -0.25) is 0 Å². The van der Waals surface area contributed by atoms with Crippen LogP contribution in [0.4, 0.5) is 0 Å². The summed E-state index contributed by atoms with van der Waals surface area (Å²) in [6.45, 7) is 0. The second-order valence-electron chi connectivity index (χ2n) is 1.59. The van der Waals surface area contributed by atoms with Crippen molar-refractivity contribution in [3.05, 3.63) is 12.0 Å². The predicted molar refractivity (Wildman–Crippen MR) is 37.1 cm³/mol. The lowest BCUT2D eigenvalue weighted by atomic mass is 10.5. The van der Waals surface area contributed by atoms with Gasteiger partial charge in [0.05, 0.1) is 14.2 Å². The minimum Gasteiger partial charge on any atom is -0.469 e. The Morgan fingerprint density at radius 2 is 1.80 bits per heavy atom. The fraction of sp³-hybridized carbons (Fsp3) is 0.667. The highest BCUT2D eigenvalue weighted by molar-refractivity contribution is 4.87. The molecule has 0 aliphatic heterocycles. The van der Waals surface area contributed by atoms with Gasteiger partial charge in [-0.15, -0.1) is 0 Å². The molecule has 0 aliphatic carbocycles. The van der Waals surface area contributed by atoms with Crippen LogP contribution < -0.4 is 5.73 Å². The molecule has 0 saturated carbocycles. The van der Waals surface area contributed by atoms with Crippen molar-refractivity contribution in [2.24, 2.45) is 5.73 Å². The van der Waals surface area contributed by atoms with Crippen LogP contribution in [0.15, 0.2) is 12.0 Å². The first-order chi connectivity index (χ1) is 4.74. The molecule has 0 fully saturated rings. The number of nitrogens with two attached hydrogens (primary N) is 1. The van der Waals surface area contributed by atoms with Gasteiger partial charge in [0.15, 0.2) is 0 Å². The molecule has 0 aliphatic rings. The number of methoxy groups -OCH3 is 3. The molecule has 0 spiro atoms. The van der Waals surface area contributed by atoms with Crippen LogP contribution in [-0.4, -0.2) is 27.6 Å². The fourth-order valence-corrected chi connectivity index (χ4v) is 0.422. The Kier molecular flexibility index (Phi) is 4.70. The van der Waals surface area contributed by atoms with Crippen molar-refractivity contribution in [3.8, 4) is 0 Å². The Morgan fingerprint density at radius 3 is 2.10 bits per heavy atom. The van der Waals surface area contributed by atoms with Crippen LogP contribution in [0.2, 0.25) is 0 Å². The SMILES string of the molecule is COC(=CC(N)OC)OC. The van der Waals surface area contributed by atoms with E-state index in [0.29, 0.717) is 5.95 Å². The Balaban J connectivity index is 3.83. The molecule has 0 aromatic carbocycles. The molecule has 0 aromatic heterocycles. The Morgan fingerprint density at radius 1 is 1.30 bits per heavy atom. The van der Waals surface area contributed by atoms with Gasteiger partial charge in [-0.05, 0) is 0 Å². The molecule has 4 nitrogen and oxygen atoms in total. The van der Waals surface area contributed by atoms with Crippen LogP contribution in [0.5, 0.6) is 0 Å². The minimum absolute atomic E-state index is 0.356. The molecule has 1 unspecified atom stereocenters. The van der Waals surface area contributed by atoms with E-state index in [-0.39, 0.29) is 0 Å². The summed E-state index contributed by atoms with van der Waals surface area (Å²) in [6, 6.07) is 0. The lowest BCUT2D eigenvalue weighted by Gasteiger charge is -2.06. The highest BCUT2D eigenvalue weighted by Gasteiger charge is 1.98. The molecule has 0 amide bonds. The van der Waals surface area contributed by atoms with E-state index >= 15 is 0 Å². The van der Waals surface area contributed by atoms with Gasteiger partial charge in [0.1, 0.15) is 6.23 Å². The van der Waals surface area contributed by atoms with Crippen molar-refractivity contribution in [2.45, 2.75) is 6.23 Å². The van der Waals surface area contributed by atoms with E-state index in [1.807, 2.05) is 0 Å². The van der Waals surface area contributed by atoms with E-state index in [0.717, 1.165) is 0 Å². The Hall–Kier alpha value is -0.740. The van der Waals surface area contributed by atoms with Gasteiger partial charge in [-0.25, -0.2) is 0 Å². The first-order valence-electron chi connectivity index (χ1n) is 2.82. The molecular weight excluding hydrogens is 134 g/mol. The fourth-order valence-electron chi connectivity index (χ4n) is 0.422. The van der Waals surface area contributed by atoms with Crippen molar-refractivity contribution in [2.75, 3.05) is 21.3 Å². The molecule has 0 radical (unpaired) electrons. The predicted octanol–water partition coefficient (Wildman–Crippen LogP) is 0.0518. The molecule has 0 rings (SSSR count). The summed E-state index contributed by atoms with van der Waals surface area (Å²) in [4.78, 5) is 0. The maximum absolute atomic E-state index is 5.37. The average Bonchev–Trinajstić information content (AvgIpc) is 1.99. The standard InChI is InChI=1S/C6H13NO3/c1-8-5(7)4-6(9-2)10-3/h4-5H,7H2,1-3H3. The summed E-state index contributed by atoms with van der Waals surface area (Å²) in [5, 5.41) is 0. The third kappa shape index (κ3) is 3.32. The number of ether oxygens (including phenoxy) is 3. The molecular formula is C6H13NO3. The van der Waals surface area contributed by atoms with Crippen LogP contribution in [0.3, 0.4) is 0 Å². The molecule has 10 heavy (non-hydrogen) atoms. The maximum atomic E-state index is 5.37. The van der Waals surface area contributed by atoms with Crippen LogP contribution >= 0.6 is 0 Å². The second-order valence-corrected chi connectivity index (χ2v) is 1.59. The third-order valence-electron chi connectivity index (χ3n) is 0.975. The van der Waals surface area contributed by atoms with E-state index in [4.69, 9.17) is 19.9 Å². The van der Waals surface area contributed by atoms with E-state index < -0.39 is 6.23 Å². The van der Waals surface area contributed by atoms with E-state index in [1.54, 1.807) is 0 Å². The van der Waals surface area contributed by atoms with E-state index in [1.165, 1.54) is 27.4 Å². The topological polar surface area (TPSA) is 53.7 Å². The first-order valence-corrected chi connectivity index (χ1v) is 2.82. The van der Waals surface area contributed by atoms with Crippen LogP contribution in [0, 0.1) is 0 Å². The van der Waals surface area contributed by atoms with Crippen molar-refractivity contribution >= 4 is 0 Å². The van der Waals surface area contributed by atoms with E-state index in [9.17, 15) is 0 Å². The van der Waals surface area contributed by atoms with Gasteiger partial charge < -0.3 is 19.9 Å². The Bertz CT molecular complexity index is 108. The van der Waals surface area contributed by atoms with Crippen LogP contribution in [-0.2, 0) is 14.2 Å². The van der Waals surface area contributed by atoms with Crippen molar-refractivity contribution in [1.29, 1.82) is 0 Å². The Labute approximate surface area is 60.6 Å². The zero-order chi connectivity index (χ0) is 7.98. The molecule has 1 atom stereocenters. The lowest BCUT2D eigenvalue weighted by Crippen LogP contribution is -2.19. The highest BCUT2D eigenvalue weighted by atomic mass is 16.7. The quantitative estimate of drug-likeness (QED) is 0.451. The van der Waals surface area contributed by atoms with E-state index in [2.05, 4.69) is 0 Å². The lowest BCUT2D eigenvalue weighted by molar-refractivity contribution is 0.0790. The average molecular weight is 147 g/mol. The van der Waals surface area contributed by atoms with Crippen molar-refractivity contribution in [1.82, 2.24) is 0 Å². The summed E-state index contributed by atoms with van der Waals surface area (Å²) in [7, 11) is 4.50. The van der Waals surface area contributed by atoms with Crippen LogP contribution in [0.1, 0.15) is 0 Å². The maximum Gasteiger partial charge on any atom is 0.278 e. The minimum atomic E-state index is -0.477. The second kappa shape index (κ2) is 5.08. The largest absolute Gasteiger partial charge is 0.469 e. The zero-order valence-corrected chi connectivity index (χ0v) is 6.46. The van der Waals surface area contributed by atoms with Crippen molar-refractivity contribution < 1.29 is 14.2 Å². The normalized spacial score (nSPS) is 12.0. The van der Waals surface area contributed by atoms with Gasteiger partial charge in [0.25, 0.3) is 5.95 Å². The molecule has 0 heterocycles. The van der Waals surface area contributed by atoms with Gasteiger partial charge in [0, 0.05) is 13.2 Å². The van der Waals surface area contributed by atoms with Gasteiger partial charge >= 0.3 is 0 Å². The molecule has 4 heteroatoms.